The summed E-state index contributed by atoms with van der Waals surface area (Å²) in [5, 5.41) is 9.44. The molecule has 1 heterocycles. The lowest BCUT2D eigenvalue weighted by atomic mass is 10.3. The number of rotatable bonds is 5. The van der Waals surface area contributed by atoms with Gasteiger partial charge in [0.2, 0.25) is 5.88 Å². The molecule has 0 spiro atoms. The number of aliphatic hydroxyl groups is 1. The van der Waals surface area contributed by atoms with E-state index in [4.69, 9.17) is 37.8 Å². The van der Waals surface area contributed by atoms with Gasteiger partial charge in [-0.3, -0.25) is 0 Å². The van der Waals surface area contributed by atoms with Gasteiger partial charge in [-0.15, -0.1) is 0 Å². The Kier molecular flexibility index (Phi) is 4.85. The first-order chi connectivity index (χ1) is 9.19. The number of halogens is 2. The van der Waals surface area contributed by atoms with E-state index in [2.05, 4.69) is 4.98 Å². The predicted molar refractivity (Wildman–Crippen MR) is 73.4 cm³/mol. The molecule has 1 aromatic carbocycles. The van der Waals surface area contributed by atoms with Gasteiger partial charge >= 0.3 is 0 Å². The minimum Gasteiger partial charge on any atom is -0.491 e. The third-order valence-electron chi connectivity index (χ3n) is 2.17. The van der Waals surface area contributed by atoms with Gasteiger partial charge in [-0.25, -0.2) is 4.98 Å². The van der Waals surface area contributed by atoms with E-state index in [1.54, 1.807) is 30.3 Å². The Morgan fingerprint density at radius 1 is 1.11 bits per heavy atom. The topological polar surface area (TPSA) is 51.6 Å². The van der Waals surface area contributed by atoms with Crippen molar-refractivity contribution in [2.24, 2.45) is 0 Å². The summed E-state index contributed by atoms with van der Waals surface area (Å²) in [7, 11) is 0. The van der Waals surface area contributed by atoms with Crippen LogP contribution >= 0.6 is 23.2 Å². The van der Waals surface area contributed by atoms with Gasteiger partial charge in [0.25, 0.3) is 0 Å². The van der Waals surface area contributed by atoms with E-state index in [-0.39, 0.29) is 19.1 Å². The monoisotopic (exact) mass is 299 g/mol. The highest BCUT2D eigenvalue weighted by Crippen LogP contribution is 2.29. The number of hydrogen-bond acceptors (Lipinski definition) is 4. The predicted octanol–water partition coefficient (Wildman–Crippen LogP) is 3.55. The molecule has 2 aromatic rings. The van der Waals surface area contributed by atoms with Crippen LogP contribution in [0.1, 0.15) is 0 Å². The van der Waals surface area contributed by atoms with Crippen LogP contribution in [0, 0.1) is 0 Å². The molecule has 100 valence electrons. The third kappa shape index (κ3) is 3.99. The molecule has 1 aromatic heterocycles. The highest BCUT2D eigenvalue weighted by Gasteiger charge is 2.05. The molecule has 0 aliphatic rings. The zero-order chi connectivity index (χ0) is 13.7. The maximum absolute atomic E-state index is 8.65. The minimum absolute atomic E-state index is 0.0252. The lowest BCUT2D eigenvalue weighted by Gasteiger charge is -2.08. The number of pyridine rings is 1. The second-order valence-electron chi connectivity index (χ2n) is 3.59. The quantitative estimate of drug-likeness (QED) is 0.917. The van der Waals surface area contributed by atoms with Crippen LogP contribution in [0.3, 0.4) is 0 Å². The number of nitrogens with zero attached hydrogens (tertiary/aromatic N) is 1. The Balaban J connectivity index is 2.06. The third-order valence-corrected chi connectivity index (χ3v) is 2.65. The molecule has 0 amide bonds. The second kappa shape index (κ2) is 6.61. The number of aliphatic hydroxyl groups excluding tert-OH is 1. The molecule has 0 saturated carbocycles. The van der Waals surface area contributed by atoms with Crippen LogP contribution in [0.4, 0.5) is 0 Å². The van der Waals surface area contributed by atoms with Crippen LogP contribution in [0.15, 0.2) is 36.5 Å². The van der Waals surface area contributed by atoms with Crippen molar-refractivity contribution in [3.8, 4) is 17.4 Å². The molecule has 19 heavy (non-hydrogen) atoms. The first-order valence-corrected chi connectivity index (χ1v) is 6.27. The van der Waals surface area contributed by atoms with Crippen molar-refractivity contribution in [3.05, 3.63) is 46.6 Å². The number of aromatic nitrogens is 1. The highest BCUT2D eigenvalue weighted by atomic mass is 35.5. The van der Waals surface area contributed by atoms with Crippen LogP contribution < -0.4 is 9.47 Å². The van der Waals surface area contributed by atoms with Crippen molar-refractivity contribution in [2.75, 3.05) is 13.2 Å². The molecule has 0 aliphatic carbocycles. The van der Waals surface area contributed by atoms with Crippen molar-refractivity contribution < 1.29 is 14.6 Å². The van der Waals surface area contributed by atoms with Gasteiger partial charge in [0.05, 0.1) is 11.6 Å². The zero-order valence-corrected chi connectivity index (χ0v) is 11.4. The largest absolute Gasteiger partial charge is 0.491 e. The normalized spacial score (nSPS) is 10.3. The van der Waals surface area contributed by atoms with Gasteiger partial charge in [-0.05, 0) is 30.3 Å². The van der Waals surface area contributed by atoms with Crippen LogP contribution in [0.2, 0.25) is 10.0 Å². The van der Waals surface area contributed by atoms with E-state index in [1.807, 2.05) is 0 Å². The summed E-state index contributed by atoms with van der Waals surface area (Å²) in [5.74, 6) is 1.51. The minimum atomic E-state index is -0.0252. The molecule has 0 aliphatic heterocycles. The molecule has 0 fully saturated rings. The van der Waals surface area contributed by atoms with E-state index < -0.39 is 0 Å². The lowest BCUT2D eigenvalue weighted by molar-refractivity contribution is 0.201. The summed E-state index contributed by atoms with van der Waals surface area (Å²) in [6.07, 6.45) is 1.46. The first kappa shape index (κ1) is 13.9. The summed E-state index contributed by atoms with van der Waals surface area (Å²) in [5.41, 5.74) is 0. The fourth-order valence-electron chi connectivity index (χ4n) is 1.36. The van der Waals surface area contributed by atoms with Gasteiger partial charge in [0.1, 0.15) is 23.1 Å². The summed E-state index contributed by atoms with van der Waals surface area (Å²) in [4.78, 5) is 3.99. The van der Waals surface area contributed by atoms with Crippen LogP contribution in [0.5, 0.6) is 17.4 Å². The summed E-state index contributed by atoms with van der Waals surface area (Å²) >= 11 is 11.7. The van der Waals surface area contributed by atoms with Crippen LogP contribution in [-0.2, 0) is 0 Å². The molecule has 0 radical (unpaired) electrons. The first-order valence-electron chi connectivity index (χ1n) is 5.51. The van der Waals surface area contributed by atoms with Crippen molar-refractivity contribution in [1.82, 2.24) is 4.98 Å². The molecular weight excluding hydrogens is 289 g/mol. The smallest absolute Gasteiger partial charge is 0.238 e. The lowest BCUT2D eigenvalue weighted by Crippen LogP contribution is -2.01. The van der Waals surface area contributed by atoms with Crippen LogP contribution in [-0.4, -0.2) is 23.3 Å². The van der Waals surface area contributed by atoms with Gasteiger partial charge in [0.15, 0.2) is 0 Å². The van der Waals surface area contributed by atoms with Crippen molar-refractivity contribution in [1.29, 1.82) is 0 Å². The zero-order valence-electron chi connectivity index (χ0n) is 9.85. The Labute approximate surface area is 120 Å². The highest BCUT2D eigenvalue weighted by molar-refractivity contribution is 6.35. The van der Waals surface area contributed by atoms with E-state index in [9.17, 15) is 0 Å². The van der Waals surface area contributed by atoms with E-state index in [0.717, 1.165) is 0 Å². The standard InChI is InChI=1S/C13H11Cl2NO3/c14-9-7-12(15)13(16-8-9)19-11-3-1-10(2-4-11)18-6-5-17/h1-4,7-8,17H,5-6H2. The van der Waals surface area contributed by atoms with Crippen molar-refractivity contribution >= 4 is 23.2 Å². The Morgan fingerprint density at radius 3 is 2.42 bits per heavy atom. The average Bonchev–Trinajstić information content (AvgIpc) is 2.41. The van der Waals surface area contributed by atoms with E-state index in [1.165, 1.54) is 6.20 Å². The van der Waals surface area contributed by atoms with Gasteiger partial charge in [-0.2, -0.15) is 0 Å². The summed E-state index contributed by atoms with van der Waals surface area (Å²) in [6, 6.07) is 8.46. The number of ether oxygens (including phenoxy) is 2. The SMILES string of the molecule is OCCOc1ccc(Oc2ncc(Cl)cc2Cl)cc1. The fourth-order valence-corrected chi connectivity index (χ4v) is 1.77. The fraction of sp³-hybridized carbons (Fsp3) is 0.154. The number of benzene rings is 1. The van der Waals surface area contributed by atoms with Gasteiger partial charge in [0, 0.05) is 6.20 Å². The van der Waals surface area contributed by atoms with Gasteiger partial charge < -0.3 is 14.6 Å². The summed E-state index contributed by atoms with van der Waals surface area (Å²) in [6.45, 7) is 0.229. The maximum atomic E-state index is 8.65. The maximum Gasteiger partial charge on any atom is 0.238 e. The molecule has 4 nitrogen and oxygen atoms in total. The Bertz CT molecular complexity index is 546. The molecule has 0 atom stereocenters. The van der Waals surface area contributed by atoms with Gasteiger partial charge in [-0.1, -0.05) is 23.2 Å². The van der Waals surface area contributed by atoms with Crippen molar-refractivity contribution in [3.63, 3.8) is 0 Å². The van der Waals surface area contributed by atoms with Crippen molar-refractivity contribution in [2.45, 2.75) is 0 Å². The summed E-state index contributed by atoms with van der Waals surface area (Å²) < 4.78 is 10.8. The van der Waals surface area contributed by atoms with Crippen LogP contribution in [0.25, 0.3) is 0 Å². The molecule has 1 N–H and O–H groups in total. The number of hydrogen-bond donors (Lipinski definition) is 1. The molecular formula is C13H11Cl2NO3. The molecule has 2 rings (SSSR count). The Morgan fingerprint density at radius 2 is 1.79 bits per heavy atom. The van der Waals surface area contributed by atoms with E-state index in [0.29, 0.717) is 21.5 Å². The molecule has 0 bridgehead atoms. The average molecular weight is 300 g/mol. The molecule has 0 unspecified atom stereocenters. The second-order valence-corrected chi connectivity index (χ2v) is 4.43. The Hall–Kier alpha value is -1.49. The molecule has 6 heteroatoms. The van der Waals surface area contributed by atoms with E-state index >= 15 is 0 Å². The molecule has 0 saturated heterocycles.